The second kappa shape index (κ2) is 10.6. The molecule has 0 fully saturated rings. The number of anilines is 2. The minimum Gasteiger partial charge on any atom is -0.332 e. The zero-order valence-corrected chi connectivity index (χ0v) is 19.2. The van der Waals surface area contributed by atoms with Gasteiger partial charge in [-0.3, -0.25) is 20.2 Å². The number of hydrogen-bond donors (Lipinski definition) is 4. The highest BCUT2D eigenvalue weighted by Crippen LogP contribution is 2.14. The van der Waals surface area contributed by atoms with Crippen molar-refractivity contribution in [3.8, 4) is 0 Å². The summed E-state index contributed by atoms with van der Waals surface area (Å²) in [6.07, 6.45) is 0. The summed E-state index contributed by atoms with van der Waals surface area (Å²) in [5.41, 5.74) is 4.20. The fraction of sp³-hybridized carbons (Fsp3) is 0.0833. The third kappa shape index (κ3) is 6.19. The monoisotopic (exact) mass is 462 g/mol. The topological polar surface area (TPSA) is 82.3 Å². The van der Waals surface area contributed by atoms with E-state index in [1.54, 1.807) is 18.2 Å². The molecule has 0 aliphatic rings. The van der Waals surface area contributed by atoms with Gasteiger partial charge in [0.25, 0.3) is 11.8 Å². The maximum absolute atomic E-state index is 12.6. The Balaban J connectivity index is 1.61. The standard InChI is InChI=1S/C24H22N4O2S2/c1-15-8-3-5-12-19(15)25-23(31)27-21(29)17-10-7-11-18(14-17)22(30)28-24(32)26-20-13-6-4-9-16(20)2/h3-14H,1-2H3,(H2,25,27,29,31)(H2,26,28,30,32). The van der Waals surface area contributed by atoms with E-state index >= 15 is 0 Å². The van der Waals surface area contributed by atoms with Crippen LogP contribution in [0.15, 0.2) is 72.8 Å². The number of benzene rings is 3. The summed E-state index contributed by atoms with van der Waals surface area (Å²) in [5, 5.41) is 11.6. The predicted octanol–water partition coefficient (Wildman–Crippen LogP) is 4.56. The molecule has 6 nitrogen and oxygen atoms in total. The molecule has 0 heterocycles. The van der Waals surface area contributed by atoms with Crippen LogP contribution >= 0.6 is 24.4 Å². The van der Waals surface area contributed by atoms with Crippen molar-refractivity contribution in [3.05, 3.63) is 95.1 Å². The van der Waals surface area contributed by atoms with Gasteiger partial charge in [0.1, 0.15) is 0 Å². The van der Waals surface area contributed by atoms with Crippen LogP contribution in [0.5, 0.6) is 0 Å². The van der Waals surface area contributed by atoms with E-state index in [1.807, 2.05) is 62.4 Å². The van der Waals surface area contributed by atoms with Gasteiger partial charge in [-0.2, -0.15) is 0 Å². The molecule has 4 N–H and O–H groups in total. The number of para-hydroxylation sites is 2. The van der Waals surface area contributed by atoms with Crippen LogP contribution < -0.4 is 21.3 Å². The predicted molar refractivity (Wildman–Crippen MR) is 136 cm³/mol. The van der Waals surface area contributed by atoms with E-state index in [9.17, 15) is 9.59 Å². The highest BCUT2D eigenvalue weighted by Gasteiger charge is 2.13. The maximum atomic E-state index is 12.6. The van der Waals surface area contributed by atoms with Gasteiger partial charge >= 0.3 is 0 Å². The molecule has 0 saturated carbocycles. The zero-order valence-electron chi connectivity index (χ0n) is 17.6. The van der Waals surface area contributed by atoms with E-state index in [-0.39, 0.29) is 10.2 Å². The molecule has 3 aromatic rings. The first-order chi connectivity index (χ1) is 15.3. The Bertz CT molecular complexity index is 1110. The zero-order chi connectivity index (χ0) is 23.1. The molecule has 0 aromatic heterocycles. The highest BCUT2D eigenvalue weighted by atomic mass is 32.1. The van der Waals surface area contributed by atoms with Crippen LogP contribution in [0.3, 0.4) is 0 Å². The lowest BCUT2D eigenvalue weighted by atomic mass is 10.1. The lowest BCUT2D eigenvalue weighted by Crippen LogP contribution is -2.35. The van der Waals surface area contributed by atoms with Gasteiger partial charge in [-0.1, -0.05) is 42.5 Å². The van der Waals surface area contributed by atoms with Crippen molar-refractivity contribution in [2.75, 3.05) is 10.6 Å². The van der Waals surface area contributed by atoms with Gasteiger partial charge in [0.2, 0.25) is 0 Å². The third-order valence-corrected chi connectivity index (χ3v) is 5.04. The normalized spacial score (nSPS) is 10.1. The van der Waals surface area contributed by atoms with Crippen molar-refractivity contribution in [2.24, 2.45) is 0 Å². The summed E-state index contributed by atoms with van der Waals surface area (Å²) < 4.78 is 0. The van der Waals surface area contributed by atoms with Gasteiger partial charge in [-0.25, -0.2) is 0 Å². The Morgan fingerprint density at radius 3 is 1.44 bits per heavy atom. The van der Waals surface area contributed by atoms with Gasteiger partial charge in [-0.15, -0.1) is 0 Å². The van der Waals surface area contributed by atoms with E-state index in [4.69, 9.17) is 24.4 Å². The first-order valence-electron chi connectivity index (χ1n) is 9.79. The number of carbonyl (C=O) groups is 2. The van der Waals surface area contributed by atoms with Crippen LogP contribution in [0.4, 0.5) is 11.4 Å². The Hall–Kier alpha value is -3.62. The Labute approximate surface area is 197 Å². The van der Waals surface area contributed by atoms with E-state index < -0.39 is 11.8 Å². The van der Waals surface area contributed by atoms with Gasteiger partial charge < -0.3 is 10.6 Å². The highest BCUT2D eigenvalue weighted by molar-refractivity contribution is 7.80. The van der Waals surface area contributed by atoms with Gasteiger partial charge in [0.05, 0.1) is 0 Å². The molecule has 0 unspecified atom stereocenters. The summed E-state index contributed by atoms with van der Waals surface area (Å²) in [7, 11) is 0. The smallest absolute Gasteiger partial charge is 0.257 e. The molecule has 0 spiro atoms. The molecule has 3 aromatic carbocycles. The van der Waals surface area contributed by atoms with Gasteiger partial charge in [-0.05, 0) is 79.7 Å². The van der Waals surface area contributed by atoms with Crippen molar-refractivity contribution < 1.29 is 9.59 Å². The average Bonchev–Trinajstić information content (AvgIpc) is 2.77. The van der Waals surface area contributed by atoms with Crippen molar-refractivity contribution >= 4 is 57.8 Å². The summed E-state index contributed by atoms with van der Waals surface area (Å²) in [4.78, 5) is 25.2. The van der Waals surface area contributed by atoms with Crippen LogP contribution in [0.1, 0.15) is 31.8 Å². The van der Waals surface area contributed by atoms with Crippen LogP contribution in [0.25, 0.3) is 0 Å². The third-order valence-electron chi connectivity index (χ3n) is 4.63. The summed E-state index contributed by atoms with van der Waals surface area (Å²) in [6, 6.07) is 21.5. The number of hydrogen-bond acceptors (Lipinski definition) is 4. The number of nitrogens with one attached hydrogen (secondary N) is 4. The molecular weight excluding hydrogens is 440 g/mol. The molecule has 0 aliphatic heterocycles. The molecule has 0 aliphatic carbocycles. The van der Waals surface area contributed by atoms with Crippen LogP contribution in [0.2, 0.25) is 0 Å². The van der Waals surface area contributed by atoms with Crippen molar-refractivity contribution in [1.29, 1.82) is 0 Å². The summed E-state index contributed by atoms with van der Waals surface area (Å²) in [5.74, 6) is -0.849. The Morgan fingerprint density at radius 2 is 1.03 bits per heavy atom. The molecule has 0 radical (unpaired) electrons. The molecule has 0 saturated heterocycles. The van der Waals surface area contributed by atoms with Crippen LogP contribution in [-0.4, -0.2) is 22.0 Å². The quantitative estimate of drug-likeness (QED) is 0.426. The number of amides is 2. The largest absolute Gasteiger partial charge is 0.332 e. The Morgan fingerprint density at radius 1 is 0.625 bits per heavy atom. The van der Waals surface area contributed by atoms with Gasteiger partial charge in [0.15, 0.2) is 10.2 Å². The maximum Gasteiger partial charge on any atom is 0.257 e. The number of thiocarbonyl (C=S) groups is 2. The number of aryl methyl sites for hydroxylation is 2. The molecule has 0 atom stereocenters. The molecule has 0 bridgehead atoms. The summed E-state index contributed by atoms with van der Waals surface area (Å²) >= 11 is 10.5. The molecule has 2 amide bonds. The van der Waals surface area contributed by atoms with Crippen LogP contribution in [0, 0.1) is 13.8 Å². The van der Waals surface area contributed by atoms with E-state index in [1.165, 1.54) is 6.07 Å². The second-order valence-corrected chi connectivity index (χ2v) is 7.84. The van der Waals surface area contributed by atoms with Crippen molar-refractivity contribution in [3.63, 3.8) is 0 Å². The average molecular weight is 463 g/mol. The van der Waals surface area contributed by atoms with Crippen molar-refractivity contribution in [1.82, 2.24) is 10.6 Å². The molecule has 3 rings (SSSR count). The van der Waals surface area contributed by atoms with E-state index in [0.717, 1.165) is 22.5 Å². The first-order valence-corrected chi connectivity index (χ1v) is 10.6. The van der Waals surface area contributed by atoms with Crippen LogP contribution in [-0.2, 0) is 0 Å². The SMILES string of the molecule is Cc1ccccc1NC(=S)NC(=O)c1cccc(C(=O)NC(=S)Nc2ccccc2C)c1. The first kappa shape index (κ1) is 23.1. The minimum atomic E-state index is -0.425. The lowest BCUT2D eigenvalue weighted by Gasteiger charge is -2.13. The van der Waals surface area contributed by atoms with Gasteiger partial charge in [0, 0.05) is 22.5 Å². The fourth-order valence-corrected chi connectivity index (χ4v) is 3.29. The lowest BCUT2D eigenvalue weighted by molar-refractivity contribution is 0.0976. The fourth-order valence-electron chi connectivity index (χ4n) is 2.89. The van der Waals surface area contributed by atoms with E-state index in [0.29, 0.717) is 11.1 Å². The Kier molecular flexibility index (Phi) is 7.64. The summed E-state index contributed by atoms with van der Waals surface area (Å²) in [6.45, 7) is 3.88. The van der Waals surface area contributed by atoms with E-state index in [2.05, 4.69) is 21.3 Å². The molecule has 8 heteroatoms. The molecular formula is C24H22N4O2S2. The number of rotatable bonds is 4. The minimum absolute atomic E-state index is 0.169. The molecule has 32 heavy (non-hydrogen) atoms. The second-order valence-electron chi connectivity index (χ2n) is 7.03. The van der Waals surface area contributed by atoms with Crippen molar-refractivity contribution in [2.45, 2.75) is 13.8 Å². The molecule has 162 valence electrons. The number of carbonyl (C=O) groups excluding carboxylic acids is 2.